The van der Waals surface area contributed by atoms with Crippen molar-refractivity contribution >= 4 is 72.9 Å². The lowest BCUT2D eigenvalue weighted by Gasteiger charge is -2.28. The molecule has 0 aromatic carbocycles. The summed E-state index contributed by atoms with van der Waals surface area (Å²) < 4.78 is 33.8. The summed E-state index contributed by atoms with van der Waals surface area (Å²) in [5.41, 5.74) is 11.6. The first kappa shape index (κ1) is 57.2. The van der Waals surface area contributed by atoms with E-state index in [9.17, 15) is 48.1 Å². The molecule has 0 aliphatic carbocycles. The van der Waals surface area contributed by atoms with E-state index in [1.807, 2.05) is 31.4 Å². The van der Waals surface area contributed by atoms with Gasteiger partial charge in [0.2, 0.25) is 29.5 Å². The molecule has 25 heteroatoms. The van der Waals surface area contributed by atoms with Crippen LogP contribution in [0.25, 0.3) is 0 Å². The third-order valence-electron chi connectivity index (χ3n) is 10.8. The second kappa shape index (κ2) is 29.7. The van der Waals surface area contributed by atoms with Gasteiger partial charge in [-0.2, -0.15) is 12.6 Å². The number of primary amides is 1. The Bertz CT molecular complexity index is 1930. The van der Waals surface area contributed by atoms with Crippen LogP contribution in [0.3, 0.4) is 0 Å². The van der Waals surface area contributed by atoms with Gasteiger partial charge in [0, 0.05) is 61.3 Å². The number of nitrogens with one attached hydrogen (secondary N) is 4. The minimum absolute atomic E-state index is 0.00381. The number of aromatic amines is 1. The molecule has 1 unspecified atom stereocenters. The number of aromatic nitrogens is 2. The van der Waals surface area contributed by atoms with E-state index >= 15 is 0 Å². The minimum atomic E-state index is -4.70. The molecule has 376 valence electrons. The van der Waals surface area contributed by atoms with Crippen molar-refractivity contribution in [3.05, 3.63) is 40.6 Å². The zero-order valence-electron chi connectivity index (χ0n) is 38.2. The Hall–Kier alpha value is -4.10. The molecule has 1 aliphatic rings. The molecule has 0 bridgehead atoms. The molecular formula is C42H67N8O14PS2. The highest BCUT2D eigenvalue weighted by atomic mass is 32.1. The number of nitrogens with zero attached hydrogens (tertiary/aromatic N) is 2. The first-order valence-corrected chi connectivity index (χ1v) is 25.2. The maximum absolute atomic E-state index is 14.1. The van der Waals surface area contributed by atoms with Crippen molar-refractivity contribution in [1.82, 2.24) is 30.8 Å². The number of amides is 5. The molecule has 67 heavy (non-hydrogen) atoms. The molecule has 1 aliphatic heterocycles. The Balaban J connectivity index is 1.59. The van der Waals surface area contributed by atoms with Gasteiger partial charge < -0.3 is 56.8 Å². The molecule has 8 atom stereocenters. The number of hydrogen-bond acceptors (Lipinski definition) is 17. The molecule has 3 rings (SSSR count). The molecule has 1 saturated heterocycles. The van der Waals surface area contributed by atoms with Crippen LogP contribution < -0.4 is 27.4 Å². The van der Waals surface area contributed by atoms with Gasteiger partial charge in [0.1, 0.15) is 12.1 Å². The van der Waals surface area contributed by atoms with Crippen LogP contribution in [0.1, 0.15) is 69.9 Å². The van der Waals surface area contributed by atoms with Crippen molar-refractivity contribution in [3.8, 4) is 0 Å². The van der Waals surface area contributed by atoms with E-state index in [1.54, 1.807) is 0 Å². The molecule has 2 aromatic rings. The fourth-order valence-corrected chi connectivity index (χ4v) is 8.95. The number of imidazole rings is 1. The van der Waals surface area contributed by atoms with E-state index in [-0.39, 0.29) is 82.3 Å². The predicted molar refractivity (Wildman–Crippen MR) is 248 cm³/mol. The van der Waals surface area contributed by atoms with Crippen LogP contribution in [0.5, 0.6) is 0 Å². The normalized spacial score (nSPS) is 17.4. The smallest absolute Gasteiger partial charge is 0.394 e. The molecule has 1 fully saturated rings. The number of hydrogen-bond donors (Lipinski definition) is 9. The third kappa shape index (κ3) is 20.6. The van der Waals surface area contributed by atoms with Crippen LogP contribution in [0, 0.1) is 17.8 Å². The van der Waals surface area contributed by atoms with E-state index in [4.69, 9.17) is 30.0 Å². The maximum Gasteiger partial charge on any atom is 0.472 e. The van der Waals surface area contributed by atoms with Crippen LogP contribution in [-0.2, 0) is 69.5 Å². The Labute approximate surface area is 399 Å². The Kier molecular flexibility index (Phi) is 25.4. The van der Waals surface area contributed by atoms with E-state index in [0.29, 0.717) is 31.5 Å². The molecular weight excluding hydrogens is 936 g/mol. The average Bonchev–Trinajstić information content (AvgIpc) is 4.10. The monoisotopic (exact) mass is 1000 g/mol. The first-order valence-electron chi connectivity index (χ1n) is 22.2. The standard InChI is InChI=1S/C42H67N8O14PS2/c1-26(2)18-33(48-42(58)35-7-4-11-50(35)38(54)9-12-61-15-16-62-14-10-46-41(57)32(43)24-66)36(52)20-28(19-29-22-45-25-47-29)40(56)49-34(23-51)37(53)21-31(39(44)55)27(3)64-65(59,60)63-13-8-30-6-5-17-67-30/h5-6,17,22,25-28,31-35,51,66H,4,7-16,18-21,23-24,43H2,1-3H3,(H2,44,55)(H,45,47)(H,46,57)(H,48,58)(H,49,56)(H,59,60)/t27-,28-,31+,32+,33+,34+,35+/m1/s1. The summed E-state index contributed by atoms with van der Waals surface area (Å²) in [5, 5.41) is 20.0. The van der Waals surface area contributed by atoms with Crippen LogP contribution in [0.4, 0.5) is 0 Å². The SMILES string of the molecule is CC(C)C[C@H](NC(=O)[C@@H]1CCCN1C(=O)CCOCCOCCNC(=O)[C@@H](N)CS)C(=O)C[C@@H](Cc1cnc[nH]1)C(=O)N[C@@H](CO)C(=O)C[C@H](C(N)=O)[C@@H](C)OP(=O)(O)OCCc1cccs1. The van der Waals surface area contributed by atoms with Crippen molar-refractivity contribution in [2.45, 2.75) is 102 Å². The number of thiophene rings is 1. The van der Waals surface area contributed by atoms with Gasteiger partial charge in [-0.15, -0.1) is 11.3 Å². The molecule has 0 spiro atoms. The number of aliphatic hydroxyl groups is 1. The summed E-state index contributed by atoms with van der Waals surface area (Å²) >= 11 is 5.41. The molecule has 22 nitrogen and oxygen atoms in total. The van der Waals surface area contributed by atoms with Gasteiger partial charge in [0.25, 0.3) is 0 Å². The quantitative estimate of drug-likeness (QED) is 0.0257. The van der Waals surface area contributed by atoms with E-state index in [0.717, 1.165) is 4.88 Å². The molecule has 5 amide bonds. The summed E-state index contributed by atoms with van der Waals surface area (Å²) in [6.07, 6.45) is 1.77. The van der Waals surface area contributed by atoms with Gasteiger partial charge in [0.15, 0.2) is 11.6 Å². The number of nitrogens with two attached hydrogens (primary N) is 2. The number of ketones is 2. The second-order valence-electron chi connectivity index (χ2n) is 16.5. The van der Waals surface area contributed by atoms with Crippen molar-refractivity contribution in [1.29, 1.82) is 0 Å². The fraction of sp³-hybridized carbons (Fsp3) is 0.667. The largest absolute Gasteiger partial charge is 0.472 e. The summed E-state index contributed by atoms with van der Waals surface area (Å²) in [6.45, 7) is 5.26. The number of likely N-dealkylation sites (tertiary alicyclic amines) is 1. The lowest BCUT2D eigenvalue weighted by molar-refractivity contribution is -0.140. The van der Waals surface area contributed by atoms with Gasteiger partial charge >= 0.3 is 7.82 Å². The van der Waals surface area contributed by atoms with Crippen LogP contribution in [-0.4, -0.2) is 155 Å². The number of carbonyl (C=O) groups is 7. The third-order valence-corrected chi connectivity index (χ3v) is 13.2. The number of Topliss-reactive ketones (excluding diaryl/α,β-unsaturated/α-hetero) is 2. The van der Waals surface area contributed by atoms with Gasteiger partial charge in [0.05, 0.1) is 82.4 Å². The highest BCUT2D eigenvalue weighted by Crippen LogP contribution is 2.46. The zero-order valence-corrected chi connectivity index (χ0v) is 40.8. The number of H-pyrrole nitrogens is 1. The minimum Gasteiger partial charge on any atom is -0.394 e. The lowest BCUT2D eigenvalue weighted by Crippen LogP contribution is -2.52. The number of rotatable bonds is 34. The van der Waals surface area contributed by atoms with Crippen LogP contribution in [0.15, 0.2) is 30.0 Å². The van der Waals surface area contributed by atoms with Crippen molar-refractivity contribution in [2.75, 3.05) is 58.5 Å². The number of ether oxygens (including phenoxy) is 2. The number of thiol groups is 1. The lowest BCUT2D eigenvalue weighted by atomic mass is 9.89. The van der Waals surface area contributed by atoms with Crippen molar-refractivity contribution in [3.63, 3.8) is 0 Å². The number of aliphatic hydroxyl groups excluding tert-OH is 1. The summed E-state index contributed by atoms with van der Waals surface area (Å²) in [6, 6.07) is -0.528. The van der Waals surface area contributed by atoms with Gasteiger partial charge in [-0.25, -0.2) is 9.55 Å². The highest BCUT2D eigenvalue weighted by Gasteiger charge is 2.38. The number of carbonyl (C=O) groups excluding carboxylic acids is 7. The van der Waals surface area contributed by atoms with Gasteiger partial charge in [-0.1, -0.05) is 19.9 Å². The summed E-state index contributed by atoms with van der Waals surface area (Å²) in [4.78, 5) is 112. The summed E-state index contributed by atoms with van der Waals surface area (Å²) in [5.74, 6) is -6.80. The molecule has 10 N–H and O–H groups in total. The fourth-order valence-electron chi connectivity index (χ4n) is 7.14. The Morgan fingerprint density at radius 2 is 1.73 bits per heavy atom. The number of phosphoric acid groups is 1. The average molecular weight is 1000 g/mol. The zero-order chi connectivity index (χ0) is 49.5. The second-order valence-corrected chi connectivity index (χ2v) is 19.3. The van der Waals surface area contributed by atoms with E-state index in [2.05, 4.69) is 38.5 Å². The molecule has 0 radical (unpaired) electrons. The topological polar surface area (TPSA) is 334 Å². The van der Waals surface area contributed by atoms with Gasteiger partial charge in [-0.3, -0.25) is 42.6 Å². The van der Waals surface area contributed by atoms with Crippen molar-refractivity contribution < 1.29 is 66.6 Å². The first-order chi connectivity index (χ1) is 31.8. The van der Waals surface area contributed by atoms with Crippen molar-refractivity contribution in [2.24, 2.45) is 29.2 Å². The molecule has 3 heterocycles. The van der Waals surface area contributed by atoms with Crippen LogP contribution >= 0.6 is 31.8 Å². The van der Waals surface area contributed by atoms with Crippen LogP contribution in [0.2, 0.25) is 0 Å². The Morgan fingerprint density at radius 3 is 2.36 bits per heavy atom. The number of phosphoric ester groups is 1. The molecule has 2 aromatic heterocycles. The van der Waals surface area contributed by atoms with E-state index < -0.39 is 98.7 Å². The summed E-state index contributed by atoms with van der Waals surface area (Å²) in [7, 11) is -4.70. The Morgan fingerprint density at radius 1 is 1.01 bits per heavy atom. The maximum atomic E-state index is 14.1. The van der Waals surface area contributed by atoms with E-state index in [1.165, 1.54) is 35.7 Å². The predicted octanol–water partition coefficient (Wildman–Crippen LogP) is 0.210. The van der Waals surface area contributed by atoms with Gasteiger partial charge in [-0.05, 0) is 43.6 Å². The molecule has 0 saturated carbocycles. The highest BCUT2D eigenvalue weighted by molar-refractivity contribution is 7.80.